The van der Waals surface area contributed by atoms with Crippen molar-refractivity contribution in [2.24, 2.45) is 11.8 Å². The normalized spacial score (nSPS) is 40.3. The van der Waals surface area contributed by atoms with Gasteiger partial charge >= 0.3 is 0 Å². The largest absolute Gasteiger partial charge is 0.338 e. The van der Waals surface area contributed by atoms with Crippen LogP contribution < -0.4 is 5.32 Å². The highest BCUT2D eigenvalue weighted by Crippen LogP contribution is 2.46. The van der Waals surface area contributed by atoms with Gasteiger partial charge in [-0.15, -0.1) is 0 Å². The third-order valence-corrected chi connectivity index (χ3v) is 3.55. The molecule has 14 heavy (non-hydrogen) atoms. The van der Waals surface area contributed by atoms with Crippen LogP contribution in [0.2, 0.25) is 0 Å². The van der Waals surface area contributed by atoms with Gasteiger partial charge in [-0.2, -0.15) is 5.26 Å². The molecule has 0 aromatic carbocycles. The van der Waals surface area contributed by atoms with Crippen molar-refractivity contribution in [1.29, 1.82) is 5.26 Å². The van der Waals surface area contributed by atoms with Crippen LogP contribution >= 0.6 is 0 Å². The molecular weight excluding hydrogens is 176 g/mol. The van der Waals surface area contributed by atoms with Gasteiger partial charge in [-0.25, -0.2) is 0 Å². The zero-order valence-electron chi connectivity index (χ0n) is 8.55. The van der Waals surface area contributed by atoms with Gasteiger partial charge in [0.05, 0.1) is 6.07 Å². The zero-order chi connectivity index (χ0) is 10.2. The maximum absolute atomic E-state index is 11.0. The minimum Gasteiger partial charge on any atom is -0.338 e. The summed E-state index contributed by atoms with van der Waals surface area (Å²) >= 11 is 0. The molecule has 1 amide bonds. The highest BCUT2D eigenvalue weighted by molar-refractivity contribution is 5.74. The molecule has 0 spiro atoms. The predicted octanol–water partition coefficient (Wildman–Crippen LogP) is 1.59. The summed E-state index contributed by atoms with van der Waals surface area (Å²) < 4.78 is 0. The average molecular weight is 192 g/mol. The van der Waals surface area contributed by atoms with E-state index in [9.17, 15) is 10.1 Å². The molecule has 76 valence electrons. The molecule has 0 aliphatic heterocycles. The summed E-state index contributed by atoms with van der Waals surface area (Å²) in [5.41, 5.74) is -0.546. The Morgan fingerprint density at radius 3 is 2.43 bits per heavy atom. The Kier molecular flexibility index (Phi) is 2.22. The maximum atomic E-state index is 11.0. The predicted molar refractivity (Wildman–Crippen MR) is 52.2 cm³/mol. The molecule has 3 nitrogen and oxygen atoms in total. The van der Waals surface area contributed by atoms with E-state index in [4.69, 9.17) is 0 Å². The van der Waals surface area contributed by atoms with Crippen LogP contribution in [0.5, 0.6) is 0 Å². The molecule has 0 radical (unpaired) electrons. The van der Waals surface area contributed by atoms with Gasteiger partial charge in [0.2, 0.25) is 5.91 Å². The van der Waals surface area contributed by atoms with Crippen LogP contribution in [0, 0.1) is 23.2 Å². The second-order valence-corrected chi connectivity index (χ2v) is 4.83. The third kappa shape index (κ3) is 1.61. The van der Waals surface area contributed by atoms with Crippen molar-refractivity contribution in [2.75, 3.05) is 0 Å². The molecule has 1 N–H and O–H groups in total. The third-order valence-electron chi connectivity index (χ3n) is 3.55. The van der Waals surface area contributed by atoms with Crippen LogP contribution in [0.15, 0.2) is 0 Å². The van der Waals surface area contributed by atoms with Gasteiger partial charge in [0, 0.05) is 6.92 Å². The van der Waals surface area contributed by atoms with E-state index in [1.165, 1.54) is 26.2 Å². The number of hydrogen-bond acceptors (Lipinski definition) is 2. The summed E-state index contributed by atoms with van der Waals surface area (Å²) in [5, 5.41) is 12.0. The molecule has 0 unspecified atom stereocenters. The fourth-order valence-corrected chi connectivity index (χ4v) is 3.18. The Morgan fingerprint density at radius 2 is 2.00 bits per heavy atom. The molecule has 3 atom stereocenters. The molecular formula is C11H16N2O. The smallest absolute Gasteiger partial charge is 0.218 e. The van der Waals surface area contributed by atoms with Crippen LogP contribution in [0.3, 0.4) is 0 Å². The molecule has 2 bridgehead atoms. The molecule has 2 aliphatic rings. The Balaban J connectivity index is 2.14. The number of fused-ring (bicyclic) bond motifs is 2. The van der Waals surface area contributed by atoms with Crippen molar-refractivity contribution in [3.05, 3.63) is 0 Å². The van der Waals surface area contributed by atoms with E-state index < -0.39 is 5.54 Å². The van der Waals surface area contributed by atoms with Gasteiger partial charge in [0.25, 0.3) is 0 Å². The van der Waals surface area contributed by atoms with Crippen LogP contribution in [0.25, 0.3) is 0 Å². The highest BCUT2D eigenvalue weighted by Gasteiger charge is 2.44. The monoisotopic (exact) mass is 192 g/mol. The Labute approximate surface area is 84.5 Å². The van der Waals surface area contributed by atoms with Crippen molar-refractivity contribution in [1.82, 2.24) is 5.32 Å². The van der Waals surface area contributed by atoms with Crippen molar-refractivity contribution in [2.45, 2.75) is 44.6 Å². The summed E-state index contributed by atoms with van der Waals surface area (Å²) in [5.74, 6) is 1.26. The lowest BCUT2D eigenvalue weighted by molar-refractivity contribution is -0.120. The fraction of sp³-hybridized carbons (Fsp3) is 0.818. The lowest BCUT2D eigenvalue weighted by Crippen LogP contribution is -2.50. The van der Waals surface area contributed by atoms with Crippen molar-refractivity contribution >= 4 is 5.91 Å². The minimum atomic E-state index is -0.546. The van der Waals surface area contributed by atoms with Gasteiger partial charge in [-0.3, -0.25) is 4.79 Å². The standard InChI is InChI=1S/C11H16N2O/c1-8(14)13-11(7-12)5-9-2-3-10(4-9)6-11/h9-10H,2-6H2,1H3,(H,13,14)/t9-,10+,11+. The first kappa shape index (κ1) is 9.51. The highest BCUT2D eigenvalue weighted by atomic mass is 16.1. The van der Waals surface area contributed by atoms with E-state index in [1.54, 1.807) is 0 Å². The van der Waals surface area contributed by atoms with Gasteiger partial charge in [-0.05, 0) is 31.1 Å². The molecule has 0 heterocycles. The van der Waals surface area contributed by atoms with Gasteiger partial charge in [0.15, 0.2) is 0 Å². The van der Waals surface area contributed by atoms with E-state index in [2.05, 4.69) is 11.4 Å². The lowest BCUT2D eigenvalue weighted by Gasteiger charge is -2.35. The fourth-order valence-electron chi connectivity index (χ4n) is 3.18. The maximum Gasteiger partial charge on any atom is 0.218 e. The number of hydrogen-bond donors (Lipinski definition) is 1. The molecule has 2 rings (SSSR count). The first-order valence-electron chi connectivity index (χ1n) is 5.33. The number of nitriles is 1. The quantitative estimate of drug-likeness (QED) is 0.686. The second-order valence-electron chi connectivity index (χ2n) is 4.83. The minimum absolute atomic E-state index is 0.0761. The van der Waals surface area contributed by atoms with Crippen LogP contribution in [0.4, 0.5) is 0 Å². The van der Waals surface area contributed by atoms with Crippen LogP contribution in [0.1, 0.15) is 39.0 Å². The first-order valence-corrected chi connectivity index (χ1v) is 5.33. The Bertz CT molecular complexity index is 280. The molecule has 2 saturated carbocycles. The van der Waals surface area contributed by atoms with Crippen molar-refractivity contribution < 1.29 is 4.79 Å². The van der Waals surface area contributed by atoms with Crippen LogP contribution in [-0.4, -0.2) is 11.4 Å². The molecule has 0 aromatic rings. The lowest BCUT2D eigenvalue weighted by atomic mass is 9.76. The van der Waals surface area contributed by atoms with E-state index in [0.717, 1.165) is 12.8 Å². The number of amides is 1. The Morgan fingerprint density at radius 1 is 1.43 bits per heavy atom. The first-order chi connectivity index (χ1) is 6.63. The second kappa shape index (κ2) is 3.27. The van der Waals surface area contributed by atoms with E-state index in [1.807, 2.05) is 0 Å². The zero-order valence-corrected chi connectivity index (χ0v) is 8.55. The van der Waals surface area contributed by atoms with E-state index >= 15 is 0 Å². The number of rotatable bonds is 1. The summed E-state index contributed by atoms with van der Waals surface area (Å²) in [7, 11) is 0. The molecule has 0 saturated heterocycles. The molecule has 0 aromatic heterocycles. The molecule has 2 fully saturated rings. The van der Waals surface area contributed by atoms with Gasteiger partial charge in [0.1, 0.15) is 5.54 Å². The SMILES string of the molecule is CC(=O)N[C@@]1(C#N)C[C@@H]2CC[C@@H](C2)C1. The topological polar surface area (TPSA) is 52.9 Å². The van der Waals surface area contributed by atoms with Gasteiger partial charge < -0.3 is 5.32 Å². The van der Waals surface area contributed by atoms with Gasteiger partial charge in [-0.1, -0.05) is 12.8 Å². The Hall–Kier alpha value is -1.04. The molecule has 3 heteroatoms. The summed E-state index contributed by atoms with van der Waals surface area (Å²) in [4.78, 5) is 11.0. The van der Waals surface area contributed by atoms with E-state index in [0.29, 0.717) is 11.8 Å². The molecule has 2 aliphatic carbocycles. The summed E-state index contributed by atoms with van der Waals surface area (Å²) in [6.45, 7) is 1.50. The van der Waals surface area contributed by atoms with Crippen LogP contribution in [-0.2, 0) is 4.79 Å². The van der Waals surface area contributed by atoms with Crippen molar-refractivity contribution in [3.63, 3.8) is 0 Å². The number of nitrogens with one attached hydrogen (secondary N) is 1. The van der Waals surface area contributed by atoms with E-state index in [-0.39, 0.29) is 5.91 Å². The summed E-state index contributed by atoms with van der Waals surface area (Å²) in [6, 6.07) is 2.32. The summed E-state index contributed by atoms with van der Waals surface area (Å²) in [6.07, 6.45) is 5.48. The number of carbonyl (C=O) groups excluding carboxylic acids is 1. The number of carbonyl (C=O) groups is 1. The number of nitrogens with zero attached hydrogens (tertiary/aromatic N) is 1. The van der Waals surface area contributed by atoms with Crippen molar-refractivity contribution in [3.8, 4) is 6.07 Å². The average Bonchev–Trinajstić information content (AvgIpc) is 2.45.